The van der Waals surface area contributed by atoms with Crippen molar-refractivity contribution in [2.45, 2.75) is 107 Å². The summed E-state index contributed by atoms with van der Waals surface area (Å²) in [5, 5.41) is 2.81. The molecule has 3 N–H and O–H groups in total. The van der Waals surface area contributed by atoms with Crippen LogP contribution in [0.25, 0.3) is 22.1 Å². The number of carbonyl (C=O) groups is 4. The molecule has 0 radical (unpaired) electrons. The number of rotatable bonds is 13. The first-order chi connectivity index (χ1) is 34.8. The number of imidazole rings is 2. The Balaban J connectivity index is 0.805. The summed E-state index contributed by atoms with van der Waals surface area (Å²) in [5.74, 6) is 1.85. The predicted octanol–water partition coefficient (Wildman–Crippen LogP) is 8.99. The van der Waals surface area contributed by atoms with E-state index >= 15 is 0 Å². The maximum atomic E-state index is 14.7. The van der Waals surface area contributed by atoms with Gasteiger partial charge in [0.15, 0.2) is 6.04 Å². The molecule has 6 aromatic rings. The van der Waals surface area contributed by atoms with Crippen LogP contribution in [0.15, 0.2) is 102 Å². The highest BCUT2D eigenvalue weighted by Crippen LogP contribution is 2.49. The van der Waals surface area contributed by atoms with Crippen LogP contribution in [0.2, 0.25) is 0 Å². The lowest BCUT2D eigenvalue weighted by molar-refractivity contribution is -0.188. The molecule has 5 amide bonds. The lowest BCUT2D eigenvalue weighted by atomic mass is 9.84. The third-order valence-electron chi connectivity index (χ3n) is 15.7. The van der Waals surface area contributed by atoms with Gasteiger partial charge in [-0.1, -0.05) is 92.4 Å². The molecule has 3 saturated heterocycles. The number of nitrogens with zero attached hydrogens (tertiary/aromatic N) is 7. The Morgan fingerprint density at radius 2 is 1.32 bits per heavy atom. The predicted molar refractivity (Wildman–Crippen MR) is 266 cm³/mol. The van der Waals surface area contributed by atoms with E-state index in [1.807, 2.05) is 112 Å². The summed E-state index contributed by atoms with van der Waals surface area (Å²) in [6, 6.07) is 28.5. The quantitative estimate of drug-likeness (QED) is 0.0439. The molecule has 2 aromatic heterocycles. The molecule has 368 valence electrons. The van der Waals surface area contributed by atoms with Crippen molar-refractivity contribution in [3.05, 3.63) is 125 Å². The van der Waals surface area contributed by atoms with Crippen LogP contribution in [0.5, 0.6) is 0 Å². The third kappa shape index (κ3) is 8.96. The van der Waals surface area contributed by atoms with E-state index < -0.39 is 18.2 Å². The molecule has 0 bridgehead atoms. The zero-order valence-electron chi connectivity index (χ0n) is 40.1. The van der Waals surface area contributed by atoms with E-state index in [1.54, 1.807) is 4.90 Å². The summed E-state index contributed by atoms with van der Waals surface area (Å²) in [6.07, 6.45) is 10.4. The monoisotopic (exact) mass is 960 g/mol. The molecule has 2 aliphatic carbocycles. The van der Waals surface area contributed by atoms with E-state index in [2.05, 4.69) is 20.3 Å². The minimum Gasteiger partial charge on any atom is -0.453 e. The number of anilines is 1. The number of aliphatic imine (C=N–C) groups is 1. The summed E-state index contributed by atoms with van der Waals surface area (Å²) in [4.78, 5) is 95.5. The Labute approximate surface area is 411 Å². The van der Waals surface area contributed by atoms with Gasteiger partial charge in [0.25, 0.3) is 11.8 Å². The number of benzene rings is 4. The number of alkyl carbamates (subject to hydrolysis) is 1. The van der Waals surface area contributed by atoms with Gasteiger partial charge in [0.2, 0.25) is 6.40 Å². The Morgan fingerprint density at radius 3 is 1.96 bits per heavy atom. The molecular weight excluding hydrogens is 901 g/mol. The summed E-state index contributed by atoms with van der Waals surface area (Å²) < 4.78 is 4.96. The first kappa shape index (κ1) is 46.1. The van der Waals surface area contributed by atoms with Gasteiger partial charge < -0.3 is 39.6 Å². The standard InChI is InChI=1S/C54H60N10O7/c1-69-53(67)60-48(35-15-7-4-8-16-35)52(66)64-44-20-12-10-18-37(44)29-46(64)49-56-39-23-21-33(27-41(39)58-49)31-61-25-26-62(54(61)68)38-22-24-40-42(30-38)59-50(57-40)45-28-36-17-9-11-19-43(36)63(45)51(65)47(55-32-71-70-2)34-13-5-3-6-14-34/h3-8,13-16,21-24,27,30,32,36-37,43-48H,9-12,17-20,25-26,28-29,31H2,1-2H3,(H,56,58)(H,57,59)(H,60,67)/b55-32-/t36-,37-,43-,44-,45+,46+,47-,48-/m1/s1. The van der Waals surface area contributed by atoms with Crippen molar-refractivity contribution in [3.8, 4) is 0 Å². The number of amides is 5. The lowest BCUT2D eigenvalue weighted by Crippen LogP contribution is -2.47. The van der Waals surface area contributed by atoms with Gasteiger partial charge in [0, 0.05) is 37.4 Å². The number of aromatic nitrogens is 4. The van der Waals surface area contributed by atoms with Crippen molar-refractivity contribution in [2.75, 3.05) is 32.2 Å². The number of likely N-dealkylation sites (tertiary alicyclic amines) is 2. The Bertz CT molecular complexity index is 2940. The van der Waals surface area contributed by atoms with Crippen molar-refractivity contribution in [3.63, 3.8) is 0 Å². The summed E-state index contributed by atoms with van der Waals surface area (Å²) in [6.45, 7) is 1.46. The highest BCUT2D eigenvalue weighted by molar-refractivity contribution is 5.96. The number of methoxy groups -OCH3 is 1. The zero-order valence-corrected chi connectivity index (χ0v) is 40.1. The molecule has 11 rings (SSSR count). The van der Waals surface area contributed by atoms with Crippen LogP contribution in [0.4, 0.5) is 15.3 Å². The van der Waals surface area contributed by atoms with Crippen molar-refractivity contribution in [1.82, 2.24) is 40.0 Å². The summed E-state index contributed by atoms with van der Waals surface area (Å²) in [5.41, 5.74) is 6.34. The summed E-state index contributed by atoms with van der Waals surface area (Å²) in [7, 11) is 2.70. The topological polar surface area (TPSA) is 191 Å². The van der Waals surface area contributed by atoms with Crippen LogP contribution in [0.1, 0.15) is 117 Å². The normalized spacial score (nSPS) is 24.1. The van der Waals surface area contributed by atoms with Crippen LogP contribution in [0, 0.1) is 11.8 Å². The van der Waals surface area contributed by atoms with E-state index in [1.165, 1.54) is 20.6 Å². The minimum absolute atomic E-state index is 0.0369. The van der Waals surface area contributed by atoms with Crippen molar-refractivity contribution < 1.29 is 33.7 Å². The number of H-pyrrole nitrogens is 2. The molecule has 3 aliphatic heterocycles. The van der Waals surface area contributed by atoms with Crippen LogP contribution < -0.4 is 10.2 Å². The van der Waals surface area contributed by atoms with Crippen LogP contribution in [0.3, 0.4) is 0 Å². The lowest BCUT2D eigenvalue weighted by Gasteiger charge is -2.36. The Hall–Kier alpha value is -7.27. The fourth-order valence-corrected chi connectivity index (χ4v) is 12.4. The number of hydrogen-bond acceptors (Lipinski definition) is 10. The SMILES string of the molecule is COO/C=N\[C@@H](C(=O)N1[C@@H]2CCCC[C@@H]2C[C@H]1c1nc2cc(N3CCN(Cc4ccc5[nH]c([C@@H]6C[C@H]7CCCC[C@H]7N6C(=O)[C@H](NC(=O)OC)c6ccccc6)nc5c4)C3=O)ccc2[nH]1)c1ccccc1. The molecule has 5 heterocycles. The largest absolute Gasteiger partial charge is 0.453 e. The second kappa shape index (κ2) is 19.9. The van der Waals surface area contributed by atoms with Gasteiger partial charge >= 0.3 is 12.1 Å². The number of urea groups is 1. The number of nitrogens with one attached hydrogen (secondary N) is 3. The molecule has 0 spiro atoms. The van der Waals surface area contributed by atoms with Crippen molar-refractivity contribution in [1.29, 1.82) is 0 Å². The number of aromatic amines is 2. The van der Waals surface area contributed by atoms with Gasteiger partial charge in [-0.3, -0.25) is 14.5 Å². The van der Waals surface area contributed by atoms with Crippen molar-refractivity contribution in [2.24, 2.45) is 16.8 Å². The molecule has 71 heavy (non-hydrogen) atoms. The Morgan fingerprint density at radius 1 is 0.732 bits per heavy atom. The molecule has 17 nitrogen and oxygen atoms in total. The molecular formula is C54H60N10O7. The van der Waals surface area contributed by atoms with Gasteiger partial charge in [0.05, 0.1) is 48.4 Å². The number of ether oxygens (including phenoxy) is 1. The van der Waals surface area contributed by atoms with Gasteiger partial charge in [-0.2, -0.15) is 4.89 Å². The first-order valence-electron chi connectivity index (χ1n) is 25.1. The highest BCUT2D eigenvalue weighted by Gasteiger charge is 2.50. The molecule has 8 atom stereocenters. The average Bonchev–Trinajstić information content (AvgIpc) is 4.25. The van der Waals surface area contributed by atoms with Gasteiger partial charge in [0.1, 0.15) is 17.7 Å². The van der Waals surface area contributed by atoms with Gasteiger partial charge in [-0.25, -0.2) is 24.5 Å². The van der Waals surface area contributed by atoms with Crippen molar-refractivity contribution >= 4 is 58.1 Å². The van der Waals surface area contributed by atoms with Gasteiger partial charge in [-0.15, -0.1) is 0 Å². The molecule has 5 fully saturated rings. The fourth-order valence-electron chi connectivity index (χ4n) is 12.4. The molecule has 4 aromatic carbocycles. The number of hydrogen-bond donors (Lipinski definition) is 3. The first-order valence-corrected chi connectivity index (χ1v) is 25.1. The third-order valence-corrected chi connectivity index (χ3v) is 15.7. The highest BCUT2D eigenvalue weighted by atomic mass is 17.2. The number of carbonyl (C=O) groups excluding carboxylic acids is 4. The zero-order chi connectivity index (χ0) is 48.6. The second-order valence-corrected chi connectivity index (χ2v) is 19.7. The smallest absolute Gasteiger partial charge is 0.407 e. The minimum atomic E-state index is -0.911. The maximum absolute atomic E-state index is 14.7. The Kier molecular flexibility index (Phi) is 12.9. The summed E-state index contributed by atoms with van der Waals surface area (Å²) >= 11 is 0. The fraction of sp³-hybridized carbons (Fsp3) is 0.426. The van der Waals surface area contributed by atoms with E-state index in [0.29, 0.717) is 42.9 Å². The average molecular weight is 961 g/mol. The molecule has 5 aliphatic rings. The molecule has 0 unspecified atom stereocenters. The van der Waals surface area contributed by atoms with E-state index in [4.69, 9.17) is 24.5 Å². The van der Waals surface area contributed by atoms with E-state index in [-0.39, 0.29) is 42.0 Å². The van der Waals surface area contributed by atoms with Crippen LogP contribution >= 0.6 is 0 Å². The number of fused-ring (bicyclic) bond motifs is 4. The van der Waals surface area contributed by atoms with E-state index in [0.717, 1.165) is 109 Å². The van der Waals surface area contributed by atoms with Crippen LogP contribution in [-0.2, 0) is 30.6 Å². The van der Waals surface area contributed by atoms with Gasteiger partial charge in [-0.05, 0) is 97.4 Å². The maximum Gasteiger partial charge on any atom is 0.407 e. The second-order valence-electron chi connectivity index (χ2n) is 19.7. The van der Waals surface area contributed by atoms with E-state index in [9.17, 15) is 19.2 Å². The van der Waals surface area contributed by atoms with Crippen LogP contribution in [-0.4, -0.2) is 104 Å². The molecule has 2 saturated carbocycles. The molecule has 17 heteroatoms.